The lowest BCUT2D eigenvalue weighted by Gasteiger charge is -2.34. The molecule has 2 atom stereocenters. The maximum atomic E-state index is 11.2. The topological polar surface area (TPSA) is 90.2 Å². The van der Waals surface area contributed by atoms with Gasteiger partial charge in [-0.2, -0.15) is 0 Å². The first-order valence-corrected chi connectivity index (χ1v) is 16.5. The molecule has 0 fully saturated rings. The minimum Gasteiger partial charge on any atom is -0.507 e. The van der Waals surface area contributed by atoms with Gasteiger partial charge in [0.2, 0.25) is 0 Å². The Bertz CT molecular complexity index is 1190. The zero-order chi connectivity index (χ0) is 32.6. The summed E-state index contributed by atoms with van der Waals surface area (Å²) >= 11 is 3.55. The number of phenolic OH excluding ortho intramolecular Hbond substituents is 1. The van der Waals surface area contributed by atoms with E-state index in [2.05, 4.69) is 121 Å². The van der Waals surface area contributed by atoms with E-state index in [-0.39, 0.29) is 32.3 Å². The highest BCUT2D eigenvalue weighted by Crippen LogP contribution is 2.52. The second-order valence-corrected chi connectivity index (χ2v) is 19.5. The van der Waals surface area contributed by atoms with Gasteiger partial charge in [0.15, 0.2) is 0 Å². The molecule has 0 saturated carbocycles. The predicted octanol–water partition coefficient (Wildman–Crippen LogP) is 8.30. The summed E-state index contributed by atoms with van der Waals surface area (Å²) in [5.74, 6) is 1.10. The first-order chi connectivity index (χ1) is 18.8. The van der Waals surface area contributed by atoms with E-state index in [4.69, 9.17) is 4.74 Å². The molecule has 0 aliphatic rings. The maximum Gasteiger partial charge on any atom is 0.128 e. The summed E-state index contributed by atoms with van der Waals surface area (Å²) in [5.41, 5.74) is 3.05. The van der Waals surface area contributed by atoms with Crippen LogP contribution in [0.4, 0.5) is 0 Å². The van der Waals surface area contributed by atoms with Crippen LogP contribution in [0.15, 0.2) is 34.1 Å². The van der Waals surface area contributed by atoms with Crippen molar-refractivity contribution in [2.75, 3.05) is 13.2 Å². The van der Waals surface area contributed by atoms with Gasteiger partial charge in [-0.1, -0.05) is 89.2 Å². The number of phenols is 1. The van der Waals surface area contributed by atoms with Gasteiger partial charge in [0, 0.05) is 26.5 Å². The van der Waals surface area contributed by atoms with Gasteiger partial charge in [0.25, 0.3) is 0 Å². The molecule has 0 aliphatic heterocycles. The number of rotatable bonds is 9. The Labute approximate surface area is 263 Å². The van der Waals surface area contributed by atoms with E-state index in [9.17, 15) is 20.4 Å². The van der Waals surface area contributed by atoms with Crippen molar-refractivity contribution in [3.05, 3.63) is 46.5 Å². The molecule has 0 radical (unpaired) electrons. The summed E-state index contributed by atoms with van der Waals surface area (Å²) in [5, 5.41) is 40.9. The molecule has 0 spiro atoms. The highest BCUT2D eigenvalue weighted by Gasteiger charge is 2.34. The molecule has 0 unspecified atom stereocenters. The Hall–Kier alpha value is -1.38. The average Bonchev–Trinajstić information content (AvgIpc) is 2.79. The zero-order valence-corrected chi connectivity index (χ0v) is 30.0. The maximum absolute atomic E-state index is 11.2. The third kappa shape index (κ3) is 9.31. The number of thioether (sulfide) groups is 2. The van der Waals surface area contributed by atoms with Crippen molar-refractivity contribution in [1.82, 2.24) is 0 Å². The summed E-state index contributed by atoms with van der Waals surface area (Å²) in [6.07, 6.45) is -2.47. The van der Waals surface area contributed by atoms with Crippen LogP contribution in [0.25, 0.3) is 0 Å². The number of hydrogen-bond donors (Lipinski definition) is 4. The molecule has 5 nitrogen and oxygen atoms in total. The van der Waals surface area contributed by atoms with Crippen molar-refractivity contribution in [3.8, 4) is 11.5 Å². The Morgan fingerprint density at radius 3 is 1.55 bits per heavy atom. The lowest BCUT2D eigenvalue weighted by atomic mass is 9.79. The predicted molar refractivity (Wildman–Crippen MR) is 180 cm³/mol. The van der Waals surface area contributed by atoms with Crippen LogP contribution in [0.1, 0.15) is 119 Å². The van der Waals surface area contributed by atoms with Crippen molar-refractivity contribution < 1.29 is 25.2 Å². The first kappa shape index (κ1) is 36.8. The number of aromatic hydroxyl groups is 1. The fourth-order valence-corrected chi connectivity index (χ4v) is 7.69. The van der Waals surface area contributed by atoms with E-state index >= 15 is 0 Å². The summed E-state index contributed by atoms with van der Waals surface area (Å²) in [6.45, 7) is 29.5. The fraction of sp³-hybridized carbons (Fsp3) is 0.657. The van der Waals surface area contributed by atoms with Gasteiger partial charge in [-0.05, 0) is 59.3 Å². The minimum absolute atomic E-state index is 0.126. The third-order valence-electron chi connectivity index (χ3n) is 7.13. The molecule has 0 heterocycles. The molecule has 4 N–H and O–H groups in total. The van der Waals surface area contributed by atoms with E-state index < -0.39 is 18.8 Å². The van der Waals surface area contributed by atoms with Gasteiger partial charge in [-0.15, -0.1) is 23.5 Å². The van der Waals surface area contributed by atoms with Crippen LogP contribution in [0, 0.1) is 0 Å². The molecule has 42 heavy (non-hydrogen) atoms. The van der Waals surface area contributed by atoms with Gasteiger partial charge in [-0.3, -0.25) is 0 Å². The summed E-state index contributed by atoms with van der Waals surface area (Å²) in [4.78, 5) is 2.20. The van der Waals surface area contributed by atoms with Crippen LogP contribution in [-0.4, -0.2) is 49.9 Å². The Kier molecular flexibility index (Phi) is 11.3. The lowest BCUT2D eigenvalue weighted by molar-refractivity contribution is -0.0344. The summed E-state index contributed by atoms with van der Waals surface area (Å²) < 4.78 is 6.05. The van der Waals surface area contributed by atoms with E-state index in [0.29, 0.717) is 5.75 Å². The number of hydrogen-bond acceptors (Lipinski definition) is 7. The molecule has 2 aromatic rings. The monoisotopic (exact) mass is 620 g/mol. The average molecular weight is 621 g/mol. The molecule has 0 aliphatic carbocycles. The Balaban J connectivity index is 2.65. The number of ether oxygens (including phenoxy) is 1. The van der Waals surface area contributed by atoms with Gasteiger partial charge in [0.05, 0.1) is 10.7 Å². The van der Waals surface area contributed by atoms with Gasteiger partial charge < -0.3 is 25.2 Å². The first-order valence-electron chi connectivity index (χ1n) is 14.8. The van der Waals surface area contributed by atoms with E-state index in [1.807, 2.05) is 0 Å². The molecule has 2 rings (SSSR count). The molecule has 2 aromatic carbocycles. The molecule has 7 heteroatoms. The van der Waals surface area contributed by atoms with Crippen LogP contribution >= 0.6 is 23.5 Å². The van der Waals surface area contributed by atoms with Crippen LogP contribution in [0.2, 0.25) is 0 Å². The molecular formula is C35H56O5S2. The second kappa shape index (κ2) is 12.9. The summed E-state index contributed by atoms with van der Waals surface area (Å²) in [7, 11) is 0. The molecule has 0 aromatic heterocycles. The van der Waals surface area contributed by atoms with Crippen molar-refractivity contribution in [3.63, 3.8) is 0 Å². The van der Waals surface area contributed by atoms with Crippen LogP contribution < -0.4 is 4.74 Å². The molecule has 0 bridgehead atoms. The smallest absolute Gasteiger partial charge is 0.128 e. The molecule has 0 saturated heterocycles. The molecular weight excluding hydrogens is 565 g/mol. The third-order valence-corrected chi connectivity index (χ3v) is 9.64. The standard InChI is InChI=1S/C35H56O5S2/c1-31(2,3)22-15-16-27(28(34(10,11)12)30(22)40-20-26(38)25(37)19-36)42-35(13,14)41-21-17-23(32(4,5)6)29(39)24(18-21)33(7,8)9/h15-18,25-26,36-39H,19-20H2,1-14H3/t25-,26-/m0/s1. The normalized spacial score (nSPS) is 15.1. The van der Waals surface area contributed by atoms with Gasteiger partial charge in [-0.25, -0.2) is 0 Å². The van der Waals surface area contributed by atoms with E-state index in [1.54, 1.807) is 23.5 Å². The van der Waals surface area contributed by atoms with Crippen molar-refractivity contribution in [2.45, 2.75) is 145 Å². The highest BCUT2D eigenvalue weighted by molar-refractivity contribution is 8.18. The number of aliphatic hydroxyl groups is 3. The minimum atomic E-state index is -1.27. The molecule has 0 amide bonds. The van der Waals surface area contributed by atoms with Gasteiger partial charge in [0.1, 0.15) is 30.3 Å². The van der Waals surface area contributed by atoms with Crippen LogP contribution in [-0.2, 0) is 21.7 Å². The second-order valence-electron chi connectivity index (χ2n) is 15.9. The van der Waals surface area contributed by atoms with Crippen LogP contribution in [0.3, 0.4) is 0 Å². The Morgan fingerprint density at radius 2 is 1.14 bits per heavy atom. The molecule has 238 valence electrons. The largest absolute Gasteiger partial charge is 0.507 e. The number of benzene rings is 2. The highest BCUT2D eigenvalue weighted by atomic mass is 32.2. The lowest BCUT2D eigenvalue weighted by Crippen LogP contribution is -2.35. The van der Waals surface area contributed by atoms with E-state index in [0.717, 1.165) is 37.8 Å². The SMILES string of the molecule is CC(C)(Sc1cc(C(C)(C)C)c(O)c(C(C)(C)C)c1)Sc1ccc(C(C)(C)C)c(OC[C@H](O)[C@@H](O)CO)c1C(C)(C)C. The zero-order valence-electron chi connectivity index (χ0n) is 28.4. The van der Waals surface area contributed by atoms with Crippen LogP contribution in [0.5, 0.6) is 11.5 Å². The van der Waals surface area contributed by atoms with E-state index in [1.165, 1.54) is 0 Å². The summed E-state index contributed by atoms with van der Waals surface area (Å²) in [6, 6.07) is 8.55. The quantitative estimate of drug-likeness (QED) is 0.166. The van der Waals surface area contributed by atoms with Crippen molar-refractivity contribution >= 4 is 23.5 Å². The van der Waals surface area contributed by atoms with Crippen molar-refractivity contribution in [1.29, 1.82) is 0 Å². The van der Waals surface area contributed by atoms with Gasteiger partial charge >= 0.3 is 0 Å². The van der Waals surface area contributed by atoms with Crippen molar-refractivity contribution in [2.24, 2.45) is 0 Å². The number of aliphatic hydroxyl groups excluding tert-OH is 3. The Morgan fingerprint density at radius 1 is 0.667 bits per heavy atom. The fourth-order valence-electron chi connectivity index (χ4n) is 4.88.